The second-order valence-electron chi connectivity index (χ2n) is 6.36. The third-order valence-corrected chi connectivity index (χ3v) is 6.99. The number of sulfonamides is 1. The Morgan fingerprint density at radius 2 is 1.92 bits per heavy atom. The van der Waals surface area contributed by atoms with Gasteiger partial charge in [-0.25, -0.2) is 13.4 Å². The van der Waals surface area contributed by atoms with Crippen LogP contribution in [-0.4, -0.2) is 68.5 Å². The van der Waals surface area contributed by atoms with Gasteiger partial charge in [0, 0.05) is 38.9 Å². The Labute approximate surface area is 166 Å². The number of hydrogen-bond acceptors (Lipinski definition) is 5. The van der Waals surface area contributed by atoms with Crippen LogP contribution in [0.1, 0.15) is 32.6 Å². The molecular weight excluding hydrogens is 397 g/mol. The average Bonchev–Trinajstić information content (AvgIpc) is 2.64. The number of aromatic nitrogens is 1. The zero-order valence-corrected chi connectivity index (χ0v) is 17.5. The largest absolute Gasteiger partial charge is 0.379 e. The van der Waals surface area contributed by atoms with E-state index in [0.29, 0.717) is 32.8 Å². The molecule has 0 N–H and O–H groups in total. The van der Waals surface area contributed by atoms with E-state index in [0.717, 1.165) is 38.8 Å². The molecule has 1 saturated heterocycles. The van der Waals surface area contributed by atoms with Crippen LogP contribution in [0.3, 0.4) is 0 Å². The van der Waals surface area contributed by atoms with E-state index in [4.69, 9.17) is 27.9 Å². The van der Waals surface area contributed by atoms with Gasteiger partial charge in [0.15, 0.2) is 0 Å². The van der Waals surface area contributed by atoms with Crippen molar-refractivity contribution in [2.24, 2.45) is 0 Å². The predicted octanol–water partition coefficient (Wildman–Crippen LogP) is 3.29. The van der Waals surface area contributed by atoms with Crippen molar-refractivity contribution in [3.63, 3.8) is 0 Å². The van der Waals surface area contributed by atoms with Crippen molar-refractivity contribution in [3.8, 4) is 0 Å². The van der Waals surface area contributed by atoms with Gasteiger partial charge in [0.05, 0.1) is 18.2 Å². The Bertz CT molecular complexity index is 667. The monoisotopic (exact) mass is 423 g/mol. The SMILES string of the molecule is CCCCCCN(CCN1CCOCC1)S(=O)(=O)c1cnc(Cl)c(Cl)c1. The molecule has 0 spiro atoms. The van der Waals surface area contributed by atoms with E-state index in [1.54, 1.807) is 4.31 Å². The molecule has 0 saturated carbocycles. The molecule has 1 aromatic rings. The van der Waals surface area contributed by atoms with Crippen molar-refractivity contribution < 1.29 is 13.2 Å². The fourth-order valence-electron chi connectivity index (χ4n) is 2.84. The molecule has 1 aliphatic heterocycles. The lowest BCUT2D eigenvalue weighted by atomic mass is 10.2. The predicted molar refractivity (Wildman–Crippen MR) is 104 cm³/mol. The summed E-state index contributed by atoms with van der Waals surface area (Å²) >= 11 is 11.8. The number of rotatable bonds is 10. The van der Waals surface area contributed by atoms with E-state index < -0.39 is 10.0 Å². The van der Waals surface area contributed by atoms with Gasteiger partial charge in [0.2, 0.25) is 10.0 Å². The van der Waals surface area contributed by atoms with Crippen molar-refractivity contribution in [3.05, 3.63) is 22.4 Å². The summed E-state index contributed by atoms with van der Waals surface area (Å²) in [6.45, 7) is 6.80. The smallest absolute Gasteiger partial charge is 0.244 e. The van der Waals surface area contributed by atoms with Crippen molar-refractivity contribution in [2.75, 3.05) is 45.9 Å². The topological polar surface area (TPSA) is 62.7 Å². The Balaban J connectivity index is 2.09. The minimum Gasteiger partial charge on any atom is -0.379 e. The molecule has 1 aromatic heterocycles. The average molecular weight is 424 g/mol. The van der Waals surface area contributed by atoms with E-state index in [1.807, 2.05) is 0 Å². The lowest BCUT2D eigenvalue weighted by Gasteiger charge is -2.29. The molecule has 0 unspecified atom stereocenters. The quantitative estimate of drug-likeness (QED) is 0.426. The number of pyridine rings is 1. The Kier molecular flexibility index (Phi) is 9.06. The van der Waals surface area contributed by atoms with Gasteiger partial charge >= 0.3 is 0 Å². The van der Waals surface area contributed by atoms with Crippen molar-refractivity contribution >= 4 is 33.2 Å². The van der Waals surface area contributed by atoms with Crippen molar-refractivity contribution in [1.29, 1.82) is 0 Å². The highest BCUT2D eigenvalue weighted by molar-refractivity contribution is 7.89. The first-order valence-corrected chi connectivity index (χ1v) is 11.3. The highest BCUT2D eigenvalue weighted by atomic mass is 35.5. The van der Waals surface area contributed by atoms with Gasteiger partial charge in [-0.05, 0) is 12.5 Å². The minimum absolute atomic E-state index is 0.0874. The van der Waals surface area contributed by atoms with Crippen LogP contribution >= 0.6 is 23.2 Å². The second-order valence-corrected chi connectivity index (χ2v) is 9.07. The standard InChI is InChI=1S/C17H27Cl2N3O3S/c1-2-3-4-5-6-22(8-7-21-9-11-25-12-10-21)26(23,24)15-13-16(18)17(19)20-14-15/h13-14H,2-12H2,1H3. The molecule has 0 bridgehead atoms. The molecule has 2 heterocycles. The number of morpholine rings is 1. The minimum atomic E-state index is -3.66. The van der Waals surface area contributed by atoms with E-state index in [9.17, 15) is 8.42 Å². The molecule has 148 valence electrons. The van der Waals surface area contributed by atoms with Crippen LogP contribution in [0.4, 0.5) is 0 Å². The van der Waals surface area contributed by atoms with E-state index in [2.05, 4.69) is 16.8 Å². The molecule has 0 radical (unpaired) electrons. The summed E-state index contributed by atoms with van der Waals surface area (Å²) in [6, 6.07) is 1.37. The van der Waals surface area contributed by atoms with E-state index in [-0.39, 0.29) is 15.1 Å². The first kappa shape index (κ1) is 21.9. The molecule has 1 fully saturated rings. The van der Waals surface area contributed by atoms with Gasteiger partial charge in [-0.2, -0.15) is 4.31 Å². The van der Waals surface area contributed by atoms with Crippen LogP contribution in [0.15, 0.2) is 17.2 Å². The van der Waals surface area contributed by atoms with Gasteiger partial charge in [-0.3, -0.25) is 4.90 Å². The van der Waals surface area contributed by atoms with E-state index >= 15 is 0 Å². The van der Waals surface area contributed by atoms with Crippen LogP contribution < -0.4 is 0 Å². The highest BCUT2D eigenvalue weighted by Gasteiger charge is 2.26. The van der Waals surface area contributed by atoms with Crippen LogP contribution in [0.5, 0.6) is 0 Å². The summed E-state index contributed by atoms with van der Waals surface area (Å²) in [6.07, 6.45) is 5.34. The third kappa shape index (κ3) is 6.32. The molecule has 26 heavy (non-hydrogen) atoms. The summed E-state index contributed by atoms with van der Waals surface area (Å²) in [4.78, 5) is 6.20. The summed E-state index contributed by atoms with van der Waals surface area (Å²) in [5.41, 5.74) is 0. The maximum Gasteiger partial charge on any atom is 0.244 e. The van der Waals surface area contributed by atoms with Gasteiger partial charge in [0.1, 0.15) is 10.0 Å². The van der Waals surface area contributed by atoms with Crippen molar-refractivity contribution in [1.82, 2.24) is 14.2 Å². The number of nitrogens with zero attached hydrogens (tertiary/aromatic N) is 3. The van der Waals surface area contributed by atoms with Gasteiger partial charge < -0.3 is 4.74 Å². The molecular formula is C17H27Cl2N3O3S. The van der Waals surface area contributed by atoms with Crippen LogP contribution in [0, 0.1) is 0 Å². The molecule has 6 nitrogen and oxygen atoms in total. The molecule has 0 amide bonds. The molecule has 2 rings (SSSR count). The first-order chi connectivity index (χ1) is 12.4. The summed E-state index contributed by atoms with van der Waals surface area (Å²) < 4.78 is 33.0. The summed E-state index contributed by atoms with van der Waals surface area (Å²) in [7, 11) is -3.66. The fourth-order valence-corrected chi connectivity index (χ4v) is 4.62. The first-order valence-electron chi connectivity index (χ1n) is 9.06. The highest BCUT2D eigenvalue weighted by Crippen LogP contribution is 2.24. The maximum absolute atomic E-state index is 13.1. The maximum atomic E-state index is 13.1. The molecule has 0 atom stereocenters. The van der Waals surface area contributed by atoms with Gasteiger partial charge in [-0.1, -0.05) is 49.4 Å². The Hall–Kier alpha value is -0.440. The molecule has 0 aromatic carbocycles. The van der Waals surface area contributed by atoms with Crippen LogP contribution in [-0.2, 0) is 14.8 Å². The number of ether oxygens (including phenoxy) is 1. The third-order valence-electron chi connectivity index (χ3n) is 4.44. The molecule has 0 aliphatic carbocycles. The van der Waals surface area contributed by atoms with E-state index in [1.165, 1.54) is 12.3 Å². The van der Waals surface area contributed by atoms with Crippen LogP contribution in [0.2, 0.25) is 10.2 Å². The Morgan fingerprint density at radius 1 is 1.19 bits per heavy atom. The number of unbranched alkanes of at least 4 members (excludes halogenated alkanes) is 3. The second kappa shape index (κ2) is 10.8. The zero-order chi connectivity index (χ0) is 19.0. The van der Waals surface area contributed by atoms with Gasteiger partial charge in [0.25, 0.3) is 0 Å². The normalized spacial score (nSPS) is 16.3. The fraction of sp³-hybridized carbons (Fsp3) is 0.706. The number of hydrogen-bond donors (Lipinski definition) is 0. The lowest BCUT2D eigenvalue weighted by Crippen LogP contribution is -2.43. The summed E-state index contributed by atoms with van der Waals surface area (Å²) in [5.74, 6) is 0. The molecule has 9 heteroatoms. The van der Waals surface area contributed by atoms with Crippen LogP contribution in [0.25, 0.3) is 0 Å². The summed E-state index contributed by atoms with van der Waals surface area (Å²) in [5, 5.41) is 0.250. The number of halogens is 2. The molecule has 1 aliphatic rings. The Morgan fingerprint density at radius 3 is 2.58 bits per heavy atom. The van der Waals surface area contributed by atoms with Gasteiger partial charge in [-0.15, -0.1) is 0 Å². The lowest BCUT2D eigenvalue weighted by molar-refractivity contribution is 0.0362. The zero-order valence-electron chi connectivity index (χ0n) is 15.2. The van der Waals surface area contributed by atoms with Crippen molar-refractivity contribution in [2.45, 2.75) is 37.5 Å².